The van der Waals surface area contributed by atoms with Crippen molar-refractivity contribution in [2.24, 2.45) is 11.1 Å². The zero-order valence-electron chi connectivity index (χ0n) is 13.1. The van der Waals surface area contributed by atoms with Gasteiger partial charge in [0.2, 0.25) is 5.91 Å². The molecule has 0 radical (unpaired) electrons. The highest BCUT2D eigenvalue weighted by molar-refractivity contribution is 5.82. The Morgan fingerprint density at radius 3 is 1.84 bits per heavy atom. The second kappa shape index (κ2) is 9.28. The molecule has 0 fully saturated rings. The van der Waals surface area contributed by atoms with Crippen molar-refractivity contribution in [3.8, 4) is 0 Å². The van der Waals surface area contributed by atoms with Gasteiger partial charge in [0.1, 0.15) is 0 Å². The van der Waals surface area contributed by atoms with Gasteiger partial charge in [0, 0.05) is 26.3 Å². The highest BCUT2D eigenvalue weighted by Gasteiger charge is 2.30. The second-order valence-corrected chi connectivity index (χ2v) is 5.56. The van der Waals surface area contributed by atoms with Gasteiger partial charge in [-0.3, -0.25) is 4.79 Å². The molecule has 114 valence electrons. The fourth-order valence-corrected chi connectivity index (χ4v) is 1.54. The molecule has 0 spiro atoms. The normalized spacial score (nSPS) is 13.4. The van der Waals surface area contributed by atoms with E-state index >= 15 is 0 Å². The molecule has 0 saturated heterocycles. The first kappa shape index (κ1) is 18.4. The van der Waals surface area contributed by atoms with E-state index in [0.29, 0.717) is 39.5 Å². The first-order valence-electron chi connectivity index (χ1n) is 7.04. The number of ether oxygens (including phenoxy) is 2. The predicted molar refractivity (Wildman–Crippen MR) is 77.0 cm³/mol. The summed E-state index contributed by atoms with van der Waals surface area (Å²) in [5.74, 6) is -0.0353. The molecule has 0 rings (SSSR count). The van der Waals surface area contributed by atoms with Crippen LogP contribution in [-0.4, -0.2) is 56.4 Å². The molecule has 2 N–H and O–H groups in total. The zero-order chi connectivity index (χ0) is 14.9. The summed E-state index contributed by atoms with van der Waals surface area (Å²) in [6.45, 7) is 13.3. The predicted octanol–water partition coefficient (Wildman–Crippen LogP) is 1.26. The summed E-state index contributed by atoms with van der Waals surface area (Å²) in [7, 11) is 0. The molecule has 0 aromatic carbocycles. The van der Waals surface area contributed by atoms with Gasteiger partial charge in [0.05, 0.1) is 19.3 Å². The highest BCUT2D eigenvalue weighted by atomic mass is 16.5. The van der Waals surface area contributed by atoms with Crippen LogP contribution in [0.2, 0.25) is 0 Å². The number of hydrogen-bond donors (Lipinski definition) is 1. The van der Waals surface area contributed by atoms with E-state index in [1.807, 2.05) is 34.6 Å². The van der Waals surface area contributed by atoms with E-state index in [1.165, 1.54) is 0 Å². The summed E-state index contributed by atoms with van der Waals surface area (Å²) in [5.41, 5.74) is 5.79. The van der Waals surface area contributed by atoms with Gasteiger partial charge in [0.15, 0.2) is 0 Å². The third-order valence-corrected chi connectivity index (χ3v) is 2.93. The molecule has 0 unspecified atom stereocenters. The van der Waals surface area contributed by atoms with Crippen LogP contribution in [0.15, 0.2) is 0 Å². The Morgan fingerprint density at radius 2 is 1.53 bits per heavy atom. The van der Waals surface area contributed by atoms with E-state index < -0.39 is 6.04 Å². The molecule has 0 aromatic heterocycles. The fraction of sp³-hybridized carbons (Fsp3) is 0.929. The number of nitrogens with zero attached hydrogens (tertiary/aromatic N) is 1. The van der Waals surface area contributed by atoms with Crippen LogP contribution < -0.4 is 5.73 Å². The molecule has 0 aliphatic rings. The molecule has 0 saturated carbocycles. The first-order valence-corrected chi connectivity index (χ1v) is 7.04. The van der Waals surface area contributed by atoms with Crippen molar-refractivity contribution in [2.45, 2.75) is 40.7 Å². The van der Waals surface area contributed by atoms with Gasteiger partial charge in [-0.05, 0) is 19.3 Å². The average Bonchev–Trinajstić information content (AvgIpc) is 2.34. The Bertz CT molecular complexity index is 242. The number of carbonyl (C=O) groups excluding carboxylic acids is 1. The molecule has 0 aromatic rings. The van der Waals surface area contributed by atoms with Crippen LogP contribution in [0.25, 0.3) is 0 Å². The van der Waals surface area contributed by atoms with Crippen molar-refractivity contribution in [1.82, 2.24) is 4.90 Å². The number of amides is 1. The van der Waals surface area contributed by atoms with Crippen LogP contribution in [-0.2, 0) is 14.3 Å². The van der Waals surface area contributed by atoms with Gasteiger partial charge in [-0.25, -0.2) is 0 Å². The molecular formula is C14H30N2O3. The molecule has 0 aliphatic carbocycles. The van der Waals surface area contributed by atoms with Gasteiger partial charge < -0.3 is 20.1 Å². The second-order valence-electron chi connectivity index (χ2n) is 5.56. The largest absolute Gasteiger partial charge is 0.380 e. The molecule has 5 nitrogen and oxygen atoms in total. The van der Waals surface area contributed by atoms with E-state index in [1.54, 1.807) is 4.90 Å². The Morgan fingerprint density at radius 1 is 1.11 bits per heavy atom. The maximum Gasteiger partial charge on any atom is 0.240 e. The van der Waals surface area contributed by atoms with E-state index in [2.05, 4.69) is 0 Å². The molecular weight excluding hydrogens is 244 g/mol. The van der Waals surface area contributed by atoms with Crippen LogP contribution >= 0.6 is 0 Å². The Balaban J connectivity index is 4.47. The molecule has 1 atom stereocenters. The lowest BCUT2D eigenvalue weighted by Gasteiger charge is -2.32. The van der Waals surface area contributed by atoms with Crippen molar-refractivity contribution in [3.63, 3.8) is 0 Å². The minimum Gasteiger partial charge on any atom is -0.380 e. The van der Waals surface area contributed by atoms with Gasteiger partial charge in [-0.2, -0.15) is 0 Å². The third-order valence-electron chi connectivity index (χ3n) is 2.93. The van der Waals surface area contributed by atoms with E-state index in [4.69, 9.17) is 15.2 Å². The van der Waals surface area contributed by atoms with Crippen molar-refractivity contribution in [1.29, 1.82) is 0 Å². The van der Waals surface area contributed by atoms with E-state index in [9.17, 15) is 4.79 Å². The molecule has 0 heterocycles. The first-order chi connectivity index (χ1) is 8.84. The Labute approximate surface area is 117 Å². The van der Waals surface area contributed by atoms with Crippen molar-refractivity contribution in [2.75, 3.05) is 39.5 Å². The van der Waals surface area contributed by atoms with Crippen molar-refractivity contribution >= 4 is 5.91 Å². The molecule has 19 heavy (non-hydrogen) atoms. The number of carbonyl (C=O) groups is 1. The lowest BCUT2D eigenvalue weighted by atomic mass is 9.86. The standard InChI is InChI=1S/C14H30N2O3/c1-6-18-10-8-16(9-11-19-7-2)13(17)12(15)14(3,4)5/h12H,6-11,15H2,1-5H3/t12-/m0/s1. The van der Waals surface area contributed by atoms with Crippen molar-refractivity contribution < 1.29 is 14.3 Å². The number of rotatable bonds is 9. The highest BCUT2D eigenvalue weighted by Crippen LogP contribution is 2.19. The SMILES string of the molecule is CCOCCN(CCOCC)C(=O)[C@H](N)C(C)(C)C. The van der Waals surface area contributed by atoms with Crippen LogP contribution in [0, 0.1) is 5.41 Å². The van der Waals surface area contributed by atoms with Crippen LogP contribution in [0.3, 0.4) is 0 Å². The minimum absolute atomic E-state index is 0.0353. The summed E-state index contributed by atoms with van der Waals surface area (Å²) < 4.78 is 10.6. The lowest BCUT2D eigenvalue weighted by molar-refractivity contribution is -0.136. The number of nitrogens with two attached hydrogens (primary N) is 1. The maximum atomic E-state index is 12.4. The molecule has 0 bridgehead atoms. The van der Waals surface area contributed by atoms with Gasteiger partial charge in [-0.1, -0.05) is 20.8 Å². The Kier molecular flexibility index (Phi) is 8.97. The molecule has 5 heteroatoms. The smallest absolute Gasteiger partial charge is 0.240 e. The quantitative estimate of drug-likeness (QED) is 0.643. The summed E-state index contributed by atoms with van der Waals surface area (Å²) in [6.07, 6.45) is 0. The summed E-state index contributed by atoms with van der Waals surface area (Å²) in [5, 5.41) is 0. The molecule has 0 aliphatic heterocycles. The molecule has 1 amide bonds. The summed E-state index contributed by atoms with van der Waals surface area (Å²) >= 11 is 0. The zero-order valence-corrected chi connectivity index (χ0v) is 13.1. The Hall–Kier alpha value is -0.650. The topological polar surface area (TPSA) is 64.8 Å². The minimum atomic E-state index is -0.504. The van der Waals surface area contributed by atoms with Gasteiger partial charge in [0.25, 0.3) is 0 Å². The van der Waals surface area contributed by atoms with Crippen LogP contribution in [0.4, 0.5) is 0 Å². The average molecular weight is 274 g/mol. The lowest BCUT2D eigenvalue weighted by Crippen LogP contribution is -2.52. The van der Waals surface area contributed by atoms with E-state index in [0.717, 1.165) is 0 Å². The number of hydrogen-bond acceptors (Lipinski definition) is 4. The fourth-order valence-electron chi connectivity index (χ4n) is 1.54. The van der Waals surface area contributed by atoms with Crippen molar-refractivity contribution in [3.05, 3.63) is 0 Å². The summed E-state index contributed by atoms with van der Waals surface area (Å²) in [6, 6.07) is -0.504. The third kappa shape index (κ3) is 7.50. The van der Waals surface area contributed by atoms with Crippen LogP contribution in [0.1, 0.15) is 34.6 Å². The van der Waals surface area contributed by atoms with Gasteiger partial charge in [-0.15, -0.1) is 0 Å². The van der Waals surface area contributed by atoms with Crippen LogP contribution in [0.5, 0.6) is 0 Å². The maximum absolute atomic E-state index is 12.4. The van der Waals surface area contributed by atoms with E-state index in [-0.39, 0.29) is 11.3 Å². The van der Waals surface area contributed by atoms with Gasteiger partial charge >= 0.3 is 0 Å². The monoisotopic (exact) mass is 274 g/mol. The summed E-state index contributed by atoms with van der Waals surface area (Å²) in [4.78, 5) is 14.1.